The molecule has 1 fully saturated rings. The number of fused-ring (bicyclic) bond motifs is 1. The van der Waals surface area contributed by atoms with Gasteiger partial charge in [0.05, 0.1) is 19.9 Å². The minimum atomic E-state index is 0.301. The van der Waals surface area contributed by atoms with Crippen molar-refractivity contribution in [1.29, 1.82) is 0 Å². The molecular weight excluding hydrogens is 350 g/mol. The standard InChI is InChI=1S/C23H27N3O2/c1-16(17-11-12-25-23-18(17)7-6-10-22(23)28-3)20-15-24-13-14-26(20)19-8-4-5-9-21(19)27-2/h4-12,16,20,24H,13-15H2,1-3H3. The maximum atomic E-state index is 5.64. The van der Waals surface area contributed by atoms with Gasteiger partial charge < -0.3 is 19.7 Å². The molecule has 1 saturated heterocycles. The molecule has 3 aromatic rings. The van der Waals surface area contributed by atoms with Crippen molar-refractivity contribution in [2.75, 3.05) is 38.8 Å². The average Bonchev–Trinajstić information content (AvgIpc) is 2.77. The molecule has 2 heterocycles. The summed E-state index contributed by atoms with van der Waals surface area (Å²) < 4.78 is 11.2. The number of pyridine rings is 1. The van der Waals surface area contributed by atoms with Crippen LogP contribution in [-0.2, 0) is 0 Å². The molecule has 0 radical (unpaired) electrons. The van der Waals surface area contributed by atoms with Crippen LogP contribution in [-0.4, -0.2) is 44.9 Å². The van der Waals surface area contributed by atoms with Crippen molar-refractivity contribution in [1.82, 2.24) is 10.3 Å². The van der Waals surface area contributed by atoms with Crippen LogP contribution in [0.4, 0.5) is 5.69 Å². The molecule has 28 heavy (non-hydrogen) atoms. The first-order valence-electron chi connectivity index (χ1n) is 9.76. The van der Waals surface area contributed by atoms with Gasteiger partial charge in [0.15, 0.2) is 0 Å². The zero-order chi connectivity index (χ0) is 19.5. The number of methoxy groups -OCH3 is 2. The van der Waals surface area contributed by atoms with E-state index in [0.29, 0.717) is 12.0 Å². The maximum absolute atomic E-state index is 5.64. The minimum Gasteiger partial charge on any atom is -0.495 e. The molecule has 0 spiro atoms. The molecule has 2 unspecified atom stereocenters. The smallest absolute Gasteiger partial charge is 0.145 e. The Kier molecular flexibility index (Phi) is 5.35. The molecule has 1 aliphatic rings. The highest BCUT2D eigenvalue weighted by atomic mass is 16.5. The van der Waals surface area contributed by atoms with Gasteiger partial charge >= 0.3 is 0 Å². The second-order valence-corrected chi connectivity index (χ2v) is 7.18. The fraction of sp³-hybridized carbons (Fsp3) is 0.348. The van der Waals surface area contributed by atoms with E-state index in [0.717, 1.165) is 47.7 Å². The molecule has 5 nitrogen and oxygen atoms in total. The van der Waals surface area contributed by atoms with Crippen molar-refractivity contribution in [3.05, 3.63) is 60.3 Å². The number of nitrogens with one attached hydrogen (secondary N) is 1. The van der Waals surface area contributed by atoms with E-state index in [9.17, 15) is 0 Å². The van der Waals surface area contributed by atoms with Gasteiger partial charge in [0.2, 0.25) is 0 Å². The third-order valence-electron chi connectivity index (χ3n) is 5.73. The lowest BCUT2D eigenvalue weighted by Gasteiger charge is -2.42. The van der Waals surface area contributed by atoms with E-state index < -0.39 is 0 Å². The van der Waals surface area contributed by atoms with Gasteiger partial charge in [-0.15, -0.1) is 0 Å². The van der Waals surface area contributed by atoms with E-state index in [2.05, 4.69) is 46.4 Å². The van der Waals surface area contributed by atoms with Crippen molar-refractivity contribution in [2.45, 2.75) is 18.9 Å². The number of anilines is 1. The number of hydrogen-bond acceptors (Lipinski definition) is 5. The third-order valence-corrected chi connectivity index (χ3v) is 5.73. The number of para-hydroxylation sites is 3. The second kappa shape index (κ2) is 8.07. The van der Waals surface area contributed by atoms with Crippen LogP contribution >= 0.6 is 0 Å². The van der Waals surface area contributed by atoms with Crippen molar-refractivity contribution in [3.8, 4) is 11.5 Å². The number of aromatic nitrogens is 1. The first-order chi connectivity index (χ1) is 13.7. The van der Waals surface area contributed by atoms with Gasteiger partial charge in [0, 0.05) is 43.2 Å². The molecule has 146 valence electrons. The summed E-state index contributed by atoms with van der Waals surface area (Å²) in [6.45, 7) is 5.13. The zero-order valence-corrected chi connectivity index (χ0v) is 16.7. The monoisotopic (exact) mass is 377 g/mol. The SMILES string of the molecule is COc1ccccc1N1CCNCC1C(C)c1ccnc2c(OC)cccc12. The molecule has 0 saturated carbocycles. The van der Waals surface area contributed by atoms with Crippen molar-refractivity contribution in [2.24, 2.45) is 0 Å². The summed E-state index contributed by atoms with van der Waals surface area (Å²) in [7, 11) is 3.43. The highest BCUT2D eigenvalue weighted by Gasteiger charge is 2.30. The molecule has 2 atom stereocenters. The van der Waals surface area contributed by atoms with E-state index in [1.54, 1.807) is 14.2 Å². The Balaban J connectivity index is 1.76. The Morgan fingerprint density at radius 1 is 1.04 bits per heavy atom. The summed E-state index contributed by atoms with van der Waals surface area (Å²) in [6, 6.07) is 16.9. The van der Waals surface area contributed by atoms with E-state index >= 15 is 0 Å². The molecule has 5 heteroatoms. The predicted octanol–water partition coefficient (Wildman–Crippen LogP) is 3.83. The van der Waals surface area contributed by atoms with E-state index in [-0.39, 0.29) is 0 Å². The van der Waals surface area contributed by atoms with Crippen LogP contribution in [0.1, 0.15) is 18.4 Å². The third kappa shape index (κ3) is 3.27. The summed E-state index contributed by atoms with van der Waals surface area (Å²) >= 11 is 0. The number of nitrogens with zero attached hydrogens (tertiary/aromatic N) is 2. The van der Waals surface area contributed by atoms with Gasteiger partial charge in [-0.05, 0) is 29.8 Å². The van der Waals surface area contributed by atoms with E-state index in [1.165, 1.54) is 5.56 Å². The van der Waals surface area contributed by atoms with Crippen molar-refractivity contribution < 1.29 is 9.47 Å². The van der Waals surface area contributed by atoms with Gasteiger partial charge in [0.1, 0.15) is 17.0 Å². The van der Waals surface area contributed by atoms with Gasteiger partial charge in [-0.1, -0.05) is 31.2 Å². The Hall–Kier alpha value is -2.79. The van der Waals surface area contributed by atoms with Crippen LogP contribution in [0.3, 0.4) is 0 Å². The number of ether oxygens (including phenoxy) is 2. The van der Waals surface area contributed by atoms with Gasteiger partial charge in [-0.25, -0.2) is 0 Å². The Morgan fingerprint density at radius 3 is 2.64 bits per heavy atom. The maximum Gasteiger partial charge on any atom is 0.145 e. The Morgan fingerprint density at radius 2 is 1.82 bits per heavy atom. The first kappa shape index (κ1) is 18.6. The van der Waals surface area contributed by atoms with Crippen LogP contribution < -0.4 is 19.7 Å². The van der Waals surface area contributed by atoms with Crippen molar-refractivity contribution in [3.63, 3.8) is 0 Å². The Bertz CT molecular complexity index is 959. The number of piperazine rings is 1. The fourth-order valence-electron chi connectivity index (χ4n) is 4.28. The summed E-state index contributed by atoms with van der Waals surface area (Å²) in [5, 5.41) is 4.72. The van der Waals surface area contributed by atoms with E-state index in [4.69, 9.17) is 9.47 Å². The second-order valence-electron chi connectivity index (χ2n) is 7.18. The summed E-state index contributed by atoms with van der Waals surface area (Å²) in [5.74, 6) is 2.04. The zero-order valence-electron chi connectivity index (χ0n) is 16.7. The molecule has 0 aliphatic carbocycles. The topological polar surface area (TPSA) is 46.6 Å². The molecule has 1 aromatic heterocycles. The van der Waals surface area contributed by atoms with Crippen molar-refractivity contribution >= 4 is 16.6 Å². The number of benzene rings is 2. The number of rotatable bonds is 5. The molecule has 1 aliphatic heterocycles. The van der Waals surface area contributed by atoms with Crippen LogP contribution in [0.15, 0.2) is 54.7 Å². The molecular formula is C23H27N3O2. The van der Waals surface area contributed by atoms with Crippen LogP contribution in [0, 0.1) is 0 Å². The minimum absolute atomic E-state index is 0.301. The first-order valence-corrected chi connectivity index (χ1v) is 9.76. The largest absolute Gasteiger partial charge is 0.495 e. The predicted molar refractivity (Wildman–Crippen MR) is 114 cm³/mol. The van der Waals surface area contributed by atoms with E-state index in [1.807, 2.05) is 30.5 Å². The molecule has 4 rings (SSSR count). The van der Waals surface area contributed by atoms with Crippen LogP contribution in [0.25, 0.3) is 10.9 Å². The highest BCUT2D eigenvalue weighted by Crippen LogP contribution is 2.37. The molecule has 1 N–H and O–H groups in total. The fourth-order valence-corrected chi connectivity index (χ4v) is 4.28. The highest BCUT2D eigenvalue weighted by molar-refractivity contribution is 5.87. The molecule has 0 bridgehead atoms. The van der Waals surface area contributed by atoms with Gasteiger partial charge in [-0.2, -0.15) is 0 Å². The summed E-state index contributed by atoms with van der Waals surface area (Å²) in [4.78, 5) is 7.05. The summed E-state index contributed by atoms with van der Waals surface area (Å²) in [6.07, 6.45) is 1.89. The average molecular weight is 377 g/mol. The lowest BCUT2D eigenvalue weighted by molar-refractivity contribution is 0.398. The quantitative estimate of drug-likeness (QED) is 0.732. The lowest BCUT2D eigenvalue weighted by Crippen LogP contribution is -2.53. The van der Waals surface area contributed by atoms with Gasteiger partial charge in [-0.3, -0.25) is 4.98 Å². The molecule has 0 amide bonds. The molecule has 2 aromatic carbocycles. The normalized spacial score (nSPS) is 18.1. The lowest BCUT2D eigenvalue weighted by atomic mass is 9.88. The Labute approximate surface area is 166 Å². The summed E-state index contributed by atoms with van der Waals surface area (Å²) in [5.41, 5.74) is 3.36. The van der Waals surface area contributed by atoms with Gasteiger partial charge in [0.25, 0.3) is 0 Å². The van der Waals surface area contributed by atoms with Crippen LogP contribution in [0.5, 0.6) is 11.5 Å². The number of hydrogen-bond donors (Lipinski definition) is 1. The van der Waals surface area contributed by atoms with Crippen LogP contribution in [0.2, 0.25) is 0 Å².